The number of nitrogens with zero attached hydrogens (tertiary/aromatic N) is 2. The van der Waals surface area contributed by atoms with Gasteiger partial charge >= 0.3 is 0 Å². The molecular weight excluding hydrogens is 420 g/mol. The number of halogens is 1. The standard InChI is InChI=1S/C27H29ClN2O2/c1-5-20-11-13-23(14-12-20)26(32)30(27(2,3)4)29(19-21-9-7-6-8-10-21)25(31)22-15-17-24(28)18-16-22/h6-18H,5,19H2,1-4H3. The second kappa shape index (κ2) is 10.0. The maximum atomic E-state index is 13.7. The molecule has 0 aliphatic rings. The Morgan fingerprint density at radius 2 is 1.28 bits per heavy atom. The van der Waals surface area contributed by atoms with E-state index in [9.17, 15) is 9.59 Å². The highest BCUT2D eigenvalue weighted by molar-refractivity contribution is 6.30. The highest BCUT2D eigenvalue weighted by Gasteiger charge is 2.36. The lowest BCUT2D eigenvalue weighted by molar-refractivity contribution is -0.0477. The van der Waals surface area contributed by atoms with Crippen molar-refractivity contribution in [3.8, 4) is 0 Å². The fourth-order valence-corrected chi connectivity index (χ4v) is 3.64. The molecule has 0 saturated carbocycles. The minimum Gasteiger partial charge on any atom is -0.267 e. The summed E-state index contributed by atoms with van der Waals surface area (Å²) in [5.74, 6) is -0.489. The summed E-state index contributed by atoms with van der Waals surface area (Å²) in [6.07, 6.45) is 0.895. The van der Waals surface area contributed by atoms with Crippen LogP contribution >= 0.6 is 11.6 Å². The van der Waals surface area contributed by atoms with E-state index in [1.807, 2.05) is 75.4 Å². The lowest BCUT2D eigenvalue weighted by Gasteiger charge is -2.43. The van der Waals surface area contributed by atoms with Gasteiger partial charge in [0.15, 0.2) is 0 Å². The Kier molecular flexibility index (Phi) is 7.37. The molecule has 0 N–H and O–H groups in total. The lowest BCUT2D eigenvalue weighted by atomic mass is 10.0. The summed E-state index contributed by atoms with van der Waals surface area (Å²) in [7, 11) is 0. The van der Waals surface area contributed by atoms with Gasteiger partial charge in [0.05, 0.1) is 12.1 Å². The van der Waals surface area contributed by atoms with Gasteiger partial charge in [-0.25, -0.2) is 10.0 Å². The first-order valence-electron chi connectivity index (χ1n) is 10.8. The summed E-state index contributed by atoms with van der Waals surface area (Å²) in [5.41, 5.74) is 2.45. The number of carbonyl (C=O) groups excluding carboxylic acids is 2. The number of hydrogen-bond donors (Lipinski definition) is 0. The van der Waals surface area contributed by atoms with Gasteiger partial charge < -0.3 is 0 Å². The molecule has 0 aliphatic carbocycles. The zero-order valence-corrected chi connectivity index (χ0v) is 19.8. The second-order valence-electron chi connectivity index (χ2n) is 8.69. The van der Waals surface area contributed by atoms with Crippen LogP contribution in [0.3, 0.4) is 0 Å². The van der Waals surface area contributed by atoms with Gasteiger partial charge in [-0.05, 0) is 74.7 Å². The van der Waals surface area contributed by atoms with Gasteiger partial charge in [-0.1, -0.05) is 61.0 Å². The van der Waals surface area contributed by atoms with Crippen molar-refractivity contribution in [3.05, 3.63) is 106 Å². The van der Waals surface area contributed by atoms with Crippen LogP contribution in [0.2, 0.25) is 5.02 Å². The third-order valence-corrected chi connectivity index (χ3v) is 5.43. The van der Waals surface area contributed by atoms with Gasteiger partial charge in [-0.3, -0.25) is 9.59 Å². The van der Waals surface area contributed by atoms with Crippen LogP contribution in [-0.2, 0) is 13.0 Å². The molecule has 4 nitrogen and oxygen atoms in total. The van der Waals surface area contributed by atoms with Crippen molar-refractivity contribution in [1.82, 2.24) is 10.0 Å². The summed E-state index contributed by atoms with van der Waals surface area (Å²) in [6, 6.07) is 24.0. The monoisotopic (exact) mass is 448 g/mol. The predicted octanol–water partition coefficient (Wildman–Crippen LogP) is 6.40. The van der Waals surface area contributed by atoms with Crippen LogP contribution in [0.15, 0.2) is 78.9 Å². The van der Waals surface area contributed by atoms with Crippen molar-refractivity contribution in [3.63, 3.8) is 0 Å². The van der Waals surface area contributed by atoms with Crippen molar-refractivity contribution >= 4 is 23.4 Å². The Labute approximate surface area is 195 Å². The number of carbonyl (C=O) groups is 2. The van der Waals surface area contributed by atoms with Crippen molar-refractivity contribution < 1.29 is 9.59 Å². The van der Waals surface area contributed by atoms with Crippen LogP contribution in [0.25, 0.3) is 0 Å². The van der Waals surface area contributed by atoms with E-state index >= 15 is 0 Å². The molecule has 166 valence electrons. The van der Waals surface area contributed by atoms with Crippen molar-refractivity contribution in [2.75, 3.05) is 0 Å². The average molecular weight is 449 g/mol. The molecule has 0 aromatic heterocycles. The molecule has 3 rings (SSSR count). The minimum absolute atomic E-state index is 0.224. The predicted molar refractivity (Wildman–Crippen MR) is 130 cm³/mol. The molecule has 0 atom stereocenters. The smallest absolute Gasteiger partial charge is 0.267 e. The Balaban J connectivity index is 2.06. The molecule has 0 heterocycles. The number of hydrazine groups is 1. The molecule has 0 spiro atoms. The van der Waals surface area contributed by atoms with Crippen LogP contribution in [0.1, 0.15) is 59.5 Å². The highest BCUT2D eigenvalue weighted by Crippen LogP contribution is 2.25. The quantitative estimate of drug-likeness (QED) is 0.423. The van der Waals surface area contributed by atoms with Gasteiger partial charge in [0.1, 0.15) is 0 Å². The first-order chi connectivity index (χ1) is 15.2. The van der Waals surface area contributed by atoms with E-state index in [4.69, 9.17) is 11.6 Å². The van der Waals surface area contributed by atoms with Crippen molar-refractivity contribution in [2.24, 2.45) is 0 Å². The minimum atomic E-state index is -0.641. The molecular formula is C27H29ClN2O2. The largest absolute Gasteiger partial charge is 0.272 e. The molecule has 2 amide bonds. The molecule has 0 saturated heterocycles. The molecule has 0 aliphatic heterocycles. The van der Waals surface area contributed by atoms with Gasteiger partial charge in [0.25, 0.3) is 11.8 Å². The number of aryl methyl sites for hydroxylation is 1. The summed E-state index contributed by atoms with van der Waals surface area (Å²) in [5, 5.41) is 3.66. The Hall–Kier alpha value is -3.11. The molecule has 0 bridgehead atoms. The summed E-state index contributed by atoms with van der Waals surface area (Å²) >= 11 is 6.03. The number of hydrogen-bond acceptors (Lipinski definition) is 2. The van der Waals surface area contributed by atoms with Crippen LogP contribution in [0, 0.1) is 0 Å². The van der Waals surface area contributed by atoms with E-state index in [0.717, 1.165) is 17.5 Å². The van der Waals surface area contributed by atoms with Crippen LogP contribution in [0.4, 0.5) is 0 Å². The van der Waals surface area contributed by atoms with Gasteiger partial charge in [0.2, 0.25) is 0 Å². The van der Waals surface area contributed by atoms with Gasteiger partial charge in [-0.2, -0.15) is 0 Å². The zero-order valence-electron chi connectivity index (χ0n) is 19.0. The van der Waals surface area contributed by atoms with Crippen LogP contribution < -0.4 is 0 Å². The number of benzene rings is 3. The lowest BCUT2D eigenvalue weighted by Crippen LogP contribution is -2.57. The van der Waals surface area contributed by atoms with Gasteiger partial charge in [0, 0.05) is 16.1 Å². The Bertz CT molecular complexity index is 1060. The summed E-state index contributed by atoms with van der Waals surface area (Å²) < 4.78 is 0. The fourth-order valence-electron chi connectivity index (χ4n) is 3.51. The Morgan fingerprint density at radius 3 is 1.81 bits per heavy atom. The normalized spacial score (nSPS) is 11.2. The maximum Gasteiger partial charge on any atom is 0.272 e. The highest BCUT2D eigenvalue weighted by atomic mass is 35.5. The third-order valence-electron chi connectivity index (χ3n) is 5.18. The van der Waals surface area contributed by atoms with E-state index in [-0.39, 0.29) is 18.4 Å². The average Bonchev–Trinajstić information content (AvgIpc) is 2.78. The first-order valence-corrected chi connectivity index (χ1v) is 11.1. The number of amides is 2. The SMILES string of the molecule is CCc1ccc(C(=O)N(N(Cc2ccccc2)C(=O)c2ccc(Cl)cc2)C(C)(C)C)cc1. The molecule has 0 fully saturated rings. The van der Waals surface area contributed by atoms with E-state index < -0.39 is 5.54 Å². The molecule has 0 unspecified atom stereocenters. The molecule has 5 heteroatoms. The Morgan fingerprint density at radius 1 is 0.750 bits per heavy atom. The maximum absolute atomic E-state index is 13.7. The number of rotatable bonds is 5. The summed E-state index contributed by atoms with van der Waals surface area (Å²) in [6.45, 7) is 8.12. The van der Waals surface area contributed by atoms with Crippen molar-refractivity contribution in [2.45, 2.75) is 46.2 Å². The van der Waals surface area contributed by atoms with Gasteiger partial charge in [-0.15, -0.1) is 0 Å². The summed E-state index contributed by atoms with van der Waals surface area (Å²) in [4.78, 5) is 27.4. The zero-order chi connectivity index (χ0) is 23.3. The third kappa shape index (κ3) is 5.57. The second-order valence-corrected chi connectivity index (χ2v) is 9.13. The van der Waals surface area contributed by atoms with E-state index in [2.05, 4.69) is 6.92 Å². The van der Waals surface area contributed by atoms with E-state index in [0.29, 0.717) is 16.1 Å². The van der Waals surface area contributed by atoms with Crippen molar-refractivity contribution in [1.29, 1.82) is 0 Å². The van der Waals surface area contributed by atoms with E-state index in [1.54, 1.807) is 29.3 Å². The topological polar surface area (TPSA) is 40.6 Å². The first kappa shape index (κ1) is 23.6. The van der Waals surface area contributed by atoms with Crippen LogP contribution in [0.5, 0.6) is 0 Å². The molecule has 32 heavy (non-hydrogen) atoms. The van der Waals surface area contributed by atoms with Crippen LogP contribution in [-0.4, -0.2) is 27.4 Å². The fraction of sp³-hybridized carbons (Fsp3) is 0.259. The van der Waals surface area contributed by atoms with E-state index in [1.165, 1.54) is 5.01 Å². The molecule has 3 aromatic carbocycles. The molecule has 3 aromatic rings. The molecule has 0 radical (unpaired) electrons.